The summed E-state index contributed by atoms with van der Waals surface area (Å²) in [5, 5.41) is 2.97. The average Bonchev–Trinajstić information content (AvgIpc) is 3.23. The van der Waals surface area contributed by atoms with Crippen molar-refractivity contribution in [2.75, 3.05) is 5.32 Å². The third kappa shape index (κ3) is 2.50. The van der Waals surface area contributed by atoms with Gasteiger partial charge in [-0.2, -0.15) is 0 Å². The Bertz CT molecular complexity index is 595. The maximum atomic E-state index is 12.2. The molecule has 2 aromatic rings. The number of carbonyl (C=O) groups is 1. The molecule has 2 atom stereocenters. The molecule has 1 N–H and O–H groups in total. The molecule has 1 amide bonds. The Labute approximate surface area is 112 Å². The number of amides is 1. The Morgan fingerprint density at radius 2 is 2.00 bits per heavy atom. The van der Waals surface area contributed by atoms with Gasteiger partial charge in [0.2, 0.25) is 5.91 Å². The zero-order valence-corrected chi connectivity index (χ0v) is 10.8. The fourth-order valence-electron chi connectivity index (χ4n) is 2.40. The molecule has 0 saturated heterocycles. The van der Waals surface area contributed by atoms with Gasteiger partial charge in [-0.3, -0.25) is 9.78 Å². The Morgan fingerprint density at radius 1 is 1.21 bits per heavy atom. The van der Waals surface area contributed by atoms with Crippen LogP contribution in [0.1, 0.15) is 23.6 Å². The molecular formula is C16H16N2O. The number of rotatable bonds is 3. The summed E-state index contributed by atoms with van der Waals surface area (Å²) in [4.78, 5) is 16.3. The maximum Gasteiger partial charge on any atom is 0.228 e. The minimum Gasteiger partial charge on any atom is -0.324 e. The lowest BCUT2D eigenvalue weighted by Gasteiger charge is -2.07. The van der Waals surface area contributed by atoms with Gasteiger partial charge in [0.1, 0.15) is 0 Å². The van der Waals surface area contributed by atoms with Crippen LogP contribution in [-0.4, -0.2) is 10.9 Å². The van der Waals surface area contributed by atoms with Crippen LogP contribution in [-0.2, 0) is 4.79 Å². The monoisotopic (exact) mass is 252 g/mol. The number of pyridine rings is 1. The lowest BCUT2D eigenvalue weighted by molar-refractivity contribution is -0.117. The molecule has 1 aliphatic rings. The van der Waals surface area contributed by atoms with Crippen molar-refractivity contribution in [3.05, 3.63) is 59.9 Å². The molecule has 0 spiro atoms. The zero-order valence-electron chi connectivity index (χ0n) is 10.8. The van der Waals surface area contributed by atoms with E-state index in [0.29, 0.717) is 5.92 Å². The van der Waals surface area contributed by atoms with Crippen molar-refractivity contribution >= 4 is 11.6 Å². The number of aryl methyl sites for hydroxylation is 1. The predicted octanol–water partition coefficient (Wildman–Crippen LogP) is 3.13. The van der Waals surface area contributed by atoms with Gasteiger partial charge < -0.3 is 5.32 Å². The molecule has 1 aliphatic carbocycles. The van der Waals surface area contributed by atoms with Crippen LogP contribution in [0.15, 0.2) is 48.7 Å². The molecule has 2 unspecified atom stereocenters. The number of aromatic nitrogens is 1. The predicted molar refractivity (Wildman–Crippen MR) is 74.9 cm³/mol. The first-order valence-electron chi connectivity index (χ1n) is 6.53. The standard InChI is InChI=1S/C16H16N2O/c1-11-15(8-5-9-17-11)18-16(19)14-10-13(14)12-6-3-2-4-7-12/h2-9,13-14H,10H2,1H3,(H,18,19). The lowest BCUT2D eigenvalue weighted by Crippen LogP contribution is -2.15. The molecule has 1 heterocycles. The van der Waals surface area contributed by atoms with Gasteiger partial charge in [0, 0.05) is 12.1 Å². The van der Waals surface area contributed by atoms with Crippen molar-refractivity contribution in [1.82, 2.24) is 4.98 Å². The van der Waals surface area contributed by atoms with Gasteiger partial charge in [0.15, 0.2) is 0 Å². The van der Waals surface area contributed by atoms with Crippen LogP contribution in [0.5, 0.6) is 0 Å². The molecule has 0 radical (unpaired) electrons. The zero-order chi connectivity index (χ0) is 13.2. The number of carbonyl (C=O) groups excluding carboxylic acids is 1. The molecule has 3 heteroatoms. The Hall–Kier alpha value is -2.16. The van der Waals surface area contributed by atoms with Gasteiger partial charge in [0.05, 0.1) is 11.4 Å². The number of nitrogens with one attached hydrogen (secondary N) is 1. The van der Waals surface area contributed by atoms with Crippen molar-refractivity contribution < 1.29 is 4.79 Å². The van der Waals surface area contributed by atoms with E-state index in [9.17, 15) is 4.79 Å². The van der Waals surface area contributed by atoms with Crippen molar-refractivity contribution in [2.24, 2.45) is 5.92 Å². The number of benzene rings is 1. The second-order valence-electron chi connectivity index (χ2n) is 4.98. The van der Waals surface area contributed by atoms with Crippen LogP contribution in [0.2, 0.25) is 0 Å². The lowest BCUT2D eigenvalue weighted by atomic mass is 10.1. The molecular weight excluding hydrogens is 236 g/mol. The third-order valence-electron chi connectivity index (χ3n) is 3.62. The number of hydrogen-bond acceptors (Lipinski definition) is 2. The number of nitrogens with zero attached hydrogens (tertiary/aromatic N) is 1. The quantitative estimate of drug-likeness (QED) is 0.911. The molecule has 1 saturated carbocycles. The Balaban J connectivity index is 1.66. The molecule has 3 rings (SSSR count). The van der Waals surface area contributed by atoms with Crippen LogP contribution in [0.3, 0.4) is 0 Å². The minimum absolute atomic E-state index is 0.0991. The van der Waals surface area contributed by atoms with Gasteiger partial charge in [-0.05, 0) is 37.0 Å². The average molecular weight is 252 g/mol. The van der Waals surface area contributed by atoms with Crippen LogP contribution in [0.4, 0.5) is 5.69 Å². The van der Waals surface area contributed by atoms with Crippen molar-refractivity contribution in [3.63, 3.8) is 0 Å². The van der Waals surface area contributed by atoms with E-state index in [-0.39, 0.29) is 11.8 Å². The van der Waals surface area contributed by atoms with Gasteiger partial charge in [-0.25, -0.2) is 0 Å². The van der Waals surface area contributed by atoms with E-state index < -0.39 is 0 Å². The normalized spacial score (nSPS) is 20.9. The summed E-state index contributed by atoms with van der Waals surface area (Å²) in [6.45, 7) is 1.90. The van der Waals surface area contributed by atoms with E-state index in [1.807, 2.05) is 37.3 Å². The van der Waals surface area contributed by atoms with Crippen molar-refractivity contribution in [3.8, 4) is 0 Å². The summed E-state index contributed by atoms with van der Waals surface area (Å²) in [6.07, 6.45) is 2.67. The fourth-order valence-corrected chi connectivity index (χ4v) is 2.40. The topological polar surface area (TPSA) is 42.0 Å². The summed E-state index contributed by atoms with van der Waals surface area (Å²) in [5.41, 5.74) is 2.92. The summed E-state index contributed by atoms with van der Waals surface area (Å²) >= 11 is 0. The van der Waals surface area contributed by atoms with E-state index in [1.54, 1.807) is 6.20 Å². The van der Waals surface area contributed by atoms with Gasteiger partial charge in [-0.1, -0.05) is 30.3 Å². The molecule has 0 aliphatic heterocycles. The molecule has 0 bridgehead atoms. The van der Waals surface area contributed by atoms with Crippen molar-refractivity contribution in [2.45, 2.75) is 19.3 Å². The maximum absolute atomic E-state index is 12.2. The van der Waals surface area contributed by atoms with E-state index >= 15 is 0 Å². The van der Waals surface area contributed by atoms with E-state index in [4.69, 9.17) is 0 Å². The van der Waals surface area contributed by atoms with E-state index in [0.717, 1.165) is 17.8 Å². The first-order valence-corrected chi connectivity index (χ1v) is 6.53. The fraction of sp³-hybridized carbons (Fsp3) is 0.250. The summed E-state index contributed by atoms with van der Waals surface area (Å²) < 4.78 is 0. The highest BCUT2D eigenvalue weighted by Crippen LogP contribution is 2.47. The van der Waals surface area contributed by atoms with Gasteiger partial charge in [-0.15, -0.1) is 0 Å². The molecule has 96 valence electrons. The number of anilines is 1. The van der Waals surface area contributed by atoms with Crippen LogP contribution < -0.4 is 5.32 Å². The molecule has 1 aromatic carbocycles. The second-order valence-corrected chi connectivity index (χ2v) is 4.98. The highest BCUT2D eigenvalue weighted by Gasteiger charge is 2.43. The molecule has 1 aromatic heterocycles. The molecule has 19 heavy (non-hydrogen) atoms. The number of hydrogen-bond donors (Lipinski definition) is 1. The van der Waals surface area contributed by atoms with E-state index in [2.05, 4.69) is 22.4 Å². The van der Waals surface area contributed by atoms with Crippen LogP contribution in [0.25, 0.3) is 0 Å². The van der Waals surface area contributed by atoms with E-state index in [1.165, 1.54) is 5.56 Å². The SMILES string of the molecule is Cc1ncccc1NC(=O)C1CC1c1ccccc1. The smallest absolute Gasteiger partial charge is 0.228 e. The highest BCUT2D eigenvalue weighted by atomic mass is 16.2. The first-order chi connectivity index (χ1) is 9.25. The molecule has 3 nitrogen and oxygen atoms in total. The first kappa shape index (κ1) is 11.9. The summed E-state index contributed by atoms with van der Waals surface area (Å²) in [6, 6.07) is 14.0. The van der Waals surface area contributed by atoms with Crippen LogP contribution >= 0.6 is 0 Å². The largest absolute Gasteiger partial charge is 0.324 e. The highest BCUT2D eigenvalue weighted by molar-refractivity contribution is 5.95. The van der Waals surface area contributed by atoms with Gasteiger partial charge in [0.25, 0.3) is 0 Å². The summed E-state index contributed by atoms with van der Waals surface area (Å²) in [5.74, 6) is 0.574. The Morgan fingerprint density at radius 3 is 2.74 bits per heavy atom. The third-order valence-corrected chi connectivity index (χ3v) is 3.62. The van der Waals surface area contributed by atoms with Crippen LogP contribution in [0, 0.1) is 12.8 Å². The van der Waals surface area contributed by atoms with Gasteiger partial charge >= 0.3 is 0 Å². The molecule has 1 fully saturated rings. The second kappa shape index (κ2) is 4.84. The van der Waals surface area contributed by atoms with Crippen molar-refractivity contribution in [1.29, 1.82) is 0 Å². The minimum atomic E-state index is 0.0991. The Kier molecular flexibility index (Phi) is 3.03. The summed E-state index contributed by atoms with van der Waals surface area (Å²) in [7, 11) is 0.